The molecule has 1 unspecified atom stereocenters. The Kier molecular flexibility index (Phi) is 2.66. The van der Waals surface area contributed by atoms with Crippen LogP contribution in [0.5, 0.6) is 0 Å². The molecule has 0 spiro atoms. The van der Waals surface area contributed by atoms with Crippen molar-refractivity contribution in [1.82, 2.24) is 10.3 Å². The van der Waals surface area contributed by atoms with Gasteiger partial charge in [0.25, 0.3) is 0 Å². The Morgan fingerprint density at radius 1 is 1.21 bits per heavy atom. The fourth-order valence-electron chi connectivity index (χ4n) is 3.06. The molecule has 4 rings (SSSR count). The number of anilines is 1. The van der Waals surface area contributed by atoms with Crippen LogP contribution in [0.4, 0.5) is 5.69 Å². The summed E-state index contributed by atoms with van der Waals surface area (Å²) in [6.07, 6.45) is 4.83. The van der Waals surface area contributed by atoms with E-state index in [1.165, 1.54) is 23.9 Å². The van der Waals surface area contributed by atoms with Gasteiger partial charge in [-0.3, -0.25) is 4.98 Å². The van der Waals surface area contributed by atoms with E-state index in [9.17, 15) is 0 Å². The van der Waals surface area contributed by atoms with Crippen molar-refractivity contribution in [3.05, 3.63) is 36.5 Å². The predicted octanol–water partition coefficient (Wildman–Crippen LogP) is 2.42. The van der Waals surface area contributed by atoms with E-state index in [1.54, 1.807) is 0 Å². The molecule has 0 bridgehead atoms. The van der Waals surface area contributed by atoms with Gasteiger partial charge in [-0.25, -0.2) is 0 Å². The van der Waals surface area contributed by atoms with Crippen molar-refractivity contribution in [1.29, 1.82) is 0 Å². The Bertz CT molecular complexity index is 591. The topological polar surface area (TPSA) is 28.2 Å². The summed E-state index contributed by atoms with van der Waals surface area (Å²) >= 11 is 0. The van der Waals surface area contributed by atoms with E-state index in [-0.39, 0.29) is 0 Å². The molecule has 2 aliphatic rings. The first-order chi connectivity index (χ1) is 9.40. The molecule has 2 aromatic rings. The zero-order valence-corrected chi connectivity index (χ0v) is 11.0. The Labute approximate surface area is 113 Å². The van der Waals surface area contributed by atoms with E-state index in [1.807, 2.05) is 12.3 Å². The average molecular weight is 253 g/mol. The van der Waals surface area contributed by atoms with Crippen LogP contribution in [0.25, 0.3) is 10.9 Å². The lowest BCUT2D eigenvalue weighted by Crippen LogP contribution is -2.51. The van der Waals surface area contributed by atoms with Crippen molar-refractivity contribution < 1.29 is 0 Å². The summed E-state index contributed by atoms with van der Waals surface area (Å²) in [5.74, 6) is 0.913. The Balaban J connectivity index is 1.61. The normalized spacial score (nSPS) is 23.8. The van der Waals surface area contributed by atoms with Crippen LogP contribution in [0.15, 0.2) is 36.5 Å². The van der Waals surface area contributed by atoms with Crippen LogP contribution in [0, 0.1) is 5.92 Å². The van der Waals surface area contributed by atoms with Gasteiger partial charge in [-0.15, -0.1) is 0 Å². The number of fused-ring (bicyclic) bond motifs is 1. The molecular weight excluding hydrogens is 234 g/mol. The van der Waals surface area contributed by atoms with Gasteiger partial charge in [-0.1, -0.05) is 18.2 Å². The van der Waals surface area contributed by atoms with Crippen LogP contribution >= 0.6 is 0 Å². The summed E-state index contributed by atoms with van der Waals surface area (Å²) in [6, 6.07) is 11.3. The predicted molar refractivity (Wildman–Crippen MR) is 78.5 cm³/mol. The number of para-hydroxylation sites is 1. The SMILES string of the molecule is c1ccc2ncc(N3CCNC(C4CC4)C3)cc2c1. The van der Waals surface area contributed by atoms with Crippen LogP contribution in [0.1, 0.15) is 12.8 Å². The lowest BCUT2D eigenvalue weighted by molar-refractivity contribution is 0.419. The van der Waals surface area contributed by atoms with Gasteiger partial charge in [0.1, 0.15) is 0 Å². The standard InChI is InChI=1S/C16H19N3/c1-2-4-15-13(3-1)9-14(10-18-15)19-8-7-17-16(11-19)12-5-6-12/h1-4,9-10,12,16-17H,5-8,11H2. The van der Waals surface area contributed by atoms with Gasteiger partial charge in [0, 0.05) is 31.1 Å². The first-order valence-electron chi connectivity index (χ1n) is 7.23. The second-order valence-electron chi connectivity index (χ2n) is 5.73. The van der Waals surface area contributed by atoms with E-state index < -0.39 is 0 Å². The molecule has 1 aliphatic heterocycles. The van der Waals surface area contributed by atoms with Crippen LogP contribution < -0.4 is 10.2 Å². The number of hydrogen-bond donors (Lipinski definition) is 1. The van der Waals surface area contributed by atoms with E-state index in [4.69, 9.17) is 0 Å². The molecule has 0 radical (unpaired) electrons. The average Bonchev–Trinajstić information content (AvgIpc) is 3.32. The largest absolute Gasteiger partial charge is 0.367 e. The first kappa shape index (κ1) is 11.2. The summed E-state index contributed by atoms with van der Waals surface area (Å²) in [5, 5.41) is 4.89. The lowest BCUT2D eigenvalue weighted by Gasteiger charge is -2.35. The highest BCUT2D eigenvalue weighted by molar-refractivity contribution is 5.81. The fourth-order valence-corrected chi connectivity index (χ4v) is 3.06. The first-order valence-corrected chi connectivity index (χ1v) is 7.23. The minimum Gasteiger partial charge on any atom is -0.367 e. The van der Waals surface area contributed by atoms with Crippen LogP contribution in [-0.2, 0) is 0 Å². The summed E-state index contributed by atoms with van der Waals surface area (Å²) in [6.45, 7) is 3.31. The number of aromatic nitrogens is 1. The molecule has 98 valence electrons. The summed E-state index contributed by atoms with van der Waals surface area (Å²) < 4.78 is 0. The highest BCUT2D eigenvalue weighted by atomic mass is 15.2. The summed E-state index contributed by atoms with van der Waals surface area (Å²) in [5.41, 5.74) is 2.35. The number of piperazine rings is 1. The highest BCUT2D eigenvalue weighted by Gasteiger charge is 2.34. The molecule has 1 aliphatic carbocycles. The summed E-state index contributed by atoms with van der Waals surface area (Å²) in [7, 11) is 0. The Morgan fingerprint density at radius 2 is 2.11 bits per heavy atom. The molecule has 19 heavy (non-hydrogen) atoms. The quantitative estimate of drug-likeness (QED) is 0.891. The third kappa shape index (κ3) is 2.19. The van der Waals surface area contributed by atoms with Crippen LogP contribution in [0.2, 0.25) is 0 Å². The number of nitrogens with zero attached hydrogens (tertiary/aromatic N) is 2. The molecule has 3 heteroatoms. The van der Waals surface area contributed by atoms with Crippen molar-refractivity contribution in [3.63, 3.8) is 0 Å². The van der Waals surface area contributed by atoms with Gasteiger partial charge in [0.05, 0.1) is 17.4 Å². The molecule has 0 amide bonds. The van der Waals surface area contributed by atoms with Gasteiger partial charge in [0.2, 0.25) is 0 Å². The molecule has 1 aromatic carbocycles. The van der Waals surface area contributed by atoms with E-state index >= 15 is 0 Å². The molecule has 2 heterocycles. The molecule has 1 saturated heterocycles. The number of hydrogen-bond acceptors (Lipinski definition) is 3. The van der Waals surface area contributed by atoms with E-state index in [0.29, 0.717) is 6.04 Å². The highest BCUT2D eigenvalue weighted by Crippen LogP contribution is 2.34. The maximum Gasteiger partial charge on any atom is 0.0703 e. The smallest absolute Gasteiger partial charge is 0.0703 e. The third-order valence-electron chi connectivity index (χ3n) is 4.34. The van der Waals surface area contributed by atoms with Crippen molar-refractivity contribution >= 4 is 16.6 Å². The van der Waals surface area contributed by atoms with Crippen LogP contribution in [0.3, 0.4) is 0 Å². The number of benzene rings is 1. The minimum atomic E-state index is 0.681. The number of pyridine rings is 1. The van der Waals surface area contributed by atoms with E-state index in [2.05, 4.69) is 39.5 Å². The maximum atomic E-state index is 4.58. The molecule has 2 fully saturated rings. The van der Waals surface area contributed by atoms with Crippen LogP contribution in [-0.4, -0.2) is 30.7 Å². The third-order valence-corrected chi connectivity index (χ3v) is 4.34. The number of nitrogens with one attached hydrogen (secondary N) is 1. The monoisotopic (exact) mass is 253 g/mol. The molecule has 1 N–H and O–H groups in total. The zero-order valence-electron chi connectivity index (χ0n) is 11.0. The minimum absolute atomic E-state index is 0.681. The Hall–Kier alpha value is -1.61. The fraction of sp³-hybridized carbons (Fsp3) is 0.438. The van der Waals surface area contributed by atoms with Gasteiger partial charge in [-0.05, 0) is 30.9 Å². The number of rotatable bonds is 2. The van der Waals surface area contributed by atoms with Gasteiger partial charge < -0.3 is 10.2 Å². The van der Waals surface area contributed by atoms with Crippen molar-refractivity contribution in [2.75, 3.05) is 24.5 Å². The zero-order chi connectivity index (χ0) is 12.7. The van der Waals surface area contributed by atoms with Crippen molar-refractivity contribution in [2.24, 2.45) is 5.92 Å². The summed E-state index contributed by atoms with van der Waals surface area (Å²) in [4.78, 5) is 7.06. The second-order valence-corrected chi connectivity index (χ2v) is 5.73. The van der Waals surface area contributed by atoms with Crippen molar-refractivity contribution in [3.8, 4) is 0 Å². The Morgan fingerprint density at radius 3 is 3.00 bits per heavy atom. The second kappa shape index (κ2) is 4.49. The van der Waals surface area contributed by atoms with Crippen molar-refractivity contribution in [2.45, 2.75) is 18.9 Å². The lowest BCUT2D eigenvalue weighted by atomic mass is 10.1. The van der Waals surface area contributed by atoms with Gasteiger partial charge >= 0.3 is 0 Å². The molecule has 1 atom stereocenters. The maximum absolute atomic E-state index is 4.58. The molecule has 1 saturated carbocycles. The molecular formula is C16H19N3. The molecule has 1 aromatic heterocycles. The molecule has 3 nitrogen and oxygen atoms in total. The van der Waals surface area contributed by atoms with E-state index in [0.717, 1.165) is 31.1 Å². The van der Waals surface area contributed by atoms with Gasteiger partial charge in [0.15, 0.2) is 0 Å². The van der Waals surface area contributed by atoms with Gasteiger partial charge in [-0.2, -0.15) is 0 Å².